The quantitative estimate of drug-likeness (QED) is 0.277. The van der Waals surface area contributed by atoms with Gasteiger partial charge in [0.1, 0.15) is 5.75 Å². The largest absolute Gasteiger partial charge is 0.494 e. The highest BCUT2D eigenvalue weighted by Gasteiger charge is 2.18. The minimum Gasteiger partial charge on any atom is -0.494 e. The van der Waals surface area contributed by atoms with Crippen molar-refractivity contribution in [1.29, 1.82) is 0 Å². The number of rotatable bonds is 11. The first-order chi connectivity index (χ1) is 11.9. The molecule has 1 aromatic rings. The van der Waals surface area contributed by atoms with Crippen molar-refractivity contribution in [2.75, 3.05) is 25.1 Å². The number of ether oxygens (including phenoxy) is 1. The van der Waals surface area contributed by atoms with Crippen LogP contribution in [0.1, 0.15) is 19.8 Å². The standard InChI is InChI=1S/C16H23N3O6/c1-11(21)18-15(16(24)17-8-9-20)19-12-4-6-13(7-5-12)25-10-2-3-14(22)23/h4-7,15,19-20H,2-3,8-10H2,1H3,(H,17,24)(H,18,21)(H,22,23). The van der Waals surface area contributed by atoms with E-state index in [0.717, 1.165) is 0 Å². The lowest BCUT2D eigenvalue weighted by molar-refractivity contribution is -0.137. The molecule has 25 heavy (non-hydrogen) atoms. The molecule has 0 radical (unpaired) electrons. The highest BCUT2D eigenvalue weighted by atomic mass is 16.5. The minimum atomic E-state index is -0.980. The fraction of sp³-hybridized carbons (Fsp3) is 0.438. The minimum absolute atomic E-state index is 0.0426. The van der Waals surface area contributed by atoms with Gasteiger partial charge in [-0.2, -0.15) is 0 Å². The zero-order valence-corrected chi connectivity index (χ0v) is 13.9. The summed E-state index contributed by atoms with van der Waals surface area (Å²) in [6, 6.07) is 6.67. The maximum atomic E-state index is 12.0. The second-order valence-electron chi connectivity index (χ2n) is 5.16. The molecule has 0 bridgehead atoms. The highest BCUT2D eigenvalue weighted by Crippen LogP contribution is 2.16. The number of carboxylic acids is 1. The smallest absolute Gasteiger partial charge is 0.303 e. The fourth-order valence-electron chi connectivity index (χ4n) is 1.88. The summed E-state index contributed by atoms with van der Waals surface area (Å²) in [5.74, 6) is -1.16. The maximum Gasteiger partial charge on any atom is 0.303 e. The number of carbonyl (C=O) groups is 3. The fourth-order valence-corrected chi connectivity index (χ4v) is 1.88. The Labute approximate surface area is 145 Å². The summed E-state index contributed by atoms with van der Waals surface area (Å²) in [4.78, 5) is 33.6. The second kappa shape index (κ2) is 10.9. The van der Waals surface area contributed by atoms with E-state index in [1.165, 1.54) is 6.92 Å². The van der Waals surface area contributed by atoms with E-state index in [9.17, 15) is 14.4 Å². The van der Waals surface area contributed by atoms with Crippen molar-refractivity contribution in [3.63, 3.8) is 0 Å². The SMILES string of the molecule is CC(=O)NC(Nc1ccc(OCCCC(=O)O)cc1)C(=O)NCCO. The molecule has 2 amide bonds. The Bertz CT molecular complexity index is 576. The number of hydrogen-bond donors (Lipinski definition) is 5. The van der Waals surface area contributed by atoms with Gasteiger partial charge in [0.15, 0.2) is 6.17 Å². The highest BCUT2D eigenvalue weighted by molar-refractivity contribution is 5.88. The molecule has 1 rings (SSSR count). The van der Waals surface area contributed by atoms with Crippen molar-refractivity contribution in [2.45, 2.75) is 25.9 Å². The molecule has 0 aromatic heterocycles. The normalized spacial score (nSPS) is 11.3. The number of aliphatic hydroxyl groups excluding tert-OH is 1. The molecule has 9 heteroatoms. The molecular weight excluding hydrogens is 330 g/mol. The third-order valence-electron chi connectivity index (χ3n) is 2.99. The predicted molar refractivity (Wildman–Crippen MR) is 90.1 cm³/mol. The lowest BCUT2D eigenvalue weighted by atomic mass is 10.2. The van der Waals surface area contributed by atoms with Crippen LogP contribution in [0.2, 0.25) is 0 Å². The van der Waals surface area contributed by atoms with E-state index in [0.29, 0.717) is 17.9 Å². The van der Waals surface area contributed by atoms with Crippen molar-refractivity contribution in [2.24, 2.45) is 0 Å². The third-order valence-corrected chi connectivity index (χ3v) is 2.99. The molecule has 1 unspecified atom stereocenters. The third kappa shape index (κ3) is 8.56. The Kier molecular flexibility index (Phi) is 8.80. The van der Waals surface area contributed by atoms with Crippen molar-refractivity contribution >= 4 is 23.5 Å². The van der Waals surface area contributed by atoms with Gasteiger partial charge in [-0.15, -0.1) is 0 Å². The number of amides is 2. The zero-order valence-electron chi connectivity index (χ0n) is 13.9. The number of aliphatic carboxylic acids is 1. The van der Waals surface area contributed by atoms with Gasteiger partial charge in [-0.25, -0.2) is 0 Å². The average Bonchev–Trinajstić information content (AvgIpc) is 2.56. The first-order valence-corrected chi connectivity index (χ1v) is 7.79. The van der Waals surface area contributed by atoms with Crippen LogP contribution in [0.5, 0.6) is 5.75 Å². The Hall–Kier alpha value is -2.81. The van der Waals surface area contributed by atoms with Crippen LogP contribution in [-0.4, -0.2) is 53.9 Å². The average molecular weight is 353 g/mol. The molecular formula is C16H23N3O6. The monoisotopic (exact) mass is 353 g/mol. The van der Waals surface area contributed by atoms with Gasteiger partial charge in [-0.1, -0.05) is 0 Å². The van der Waals surface area contributed by atoms with E-state index in [1.54, 1.807) is 24.3 Å². The zero-order chi connectivity index (χ0) is 18.7. The van der Waals surface area contributed by atoms with E-state index in [2.05, 4.69) is 16.0 Å². The van der Waals surface area contributed by atoms with Gasteiger partial charge in [0.2, 0.25) is 5.91 Å². The van der Waals surface area contributed by atoms with Gasteiger partial charge in [0, 0.05) is 25.6 Å². The van der Waals surface area contributed by atoms with Crippen LogP contribution in [0.4, 0.5) is 5.69 Å². The lowest BCUT2D eigenvalue weighted by Gasteiger charge is -2.20. The van der Waals surface area contributed by atoms with E-state index in [1.807, 2.05) is 0 Å². The first kappa shape index (κ1) is 20.2. The van der Waals surface area contributed by atoms with Crippen molar-refractivity contribution in [1.82, 2.24) is 10.6 Å². The number of carboxylic acid groups (broad SMARTS) is 1. The molecule has 0 heterocycles. The summed E-state index contributed by atoms with van der Waals surface area (Å²) >= 11 is 0. The molecule has 0 spiro atoms. The first-order valence-electron chi connectivity index (χ1n) is 7.79. The van der Waals surface area contributed by atoms with Crippen molar-refractivity contribution in [3.8, 4) is 5.75 Å². The molecule has 9 nitrogen and oxygen atoms in total. The van der Waals surface area contributed by atoms with Gasteiger partial charge in [0.25, 0.3) is 5.91 Å². The molecule has 0 saturated heterocycles. The number of nitrogens with one attached hydrogen (secondary N) is 3. The Balaban J connectivity index is 2.58. The molecule has 0 saturated carbocycles. The van der Waals surface area contributed by atoms with Gasteiger partial charge in [-0.05, 0) is 30.7 Å². The lowest BCUT2D eigenvalue weighted by Crippen LogP contribution is -2.51. The number of hydrogen-bond acceptors (Lipinski definition) is 6. The Morgan fingerprint density at radius 2 is 1.88 bits per heavy atom. The topological polar surface area (TPSA) is 137 Å². The molecule has 5 N–H and O–H groups in total. The van der Waals surface area contributed by atoms with E-state index >= 15 is 0 Å². The number of anilines is 1. The summed E-state index contributed by atoms with van der Waals surface area (Å²) in [5, 5.41) is 25.1. The van der Waals surface area contributed by atoms with E-state index in [4.69, 9.17) is 14.9 Å². The van der Waals surface area contributed by atoms with Crippen LogP contribution in [0.25, 0.3) is 0 Å². The van der Waals surface area contributed by atoms with Crippen LogP contribution in [0.3, 0.4) is 0 Å². The molecule has 1 aromatic carbocycles. The number of aliphatic hydroxyl groups is 1. The van der Waals surface area contributed by atoms with Crippen LogP contribution < -0.4 is 20.7 Å². The number of benzene rings is 1. The second-order valence-corrected chi connectivity index (χ2v) is 5.16. The maximum absolute atomic E-state index is 12.0. The summed E-state index contributed by atoms with van der Waals surface area (Å²) in [6.45, 7) is 1.46. The van der Waals surface area contributed by atoms with Crippen LogP contribution in [0, 0.1) is 0 Å². The van der Waals surface area contributed by atoms with Crippen molar-refractivity contribution < 1.29 is 29.3 Å². The van der Waals surface area contributed by atoms with Gasteiger partial charge >= 0.3 is 5.97 Å². The summed E-state index contributed by atoms with van der Waals surface area (Å²) in [5.41, 5.74) is 0.579. The molecule has 138 valence electrons. The molecule has 0 fully saturated rings. The molecule has 0 aliphatic heterocycles. The van der Waals surface area contributed by atoms with Crippen molar-refractivity contribution in [3.05, 3.63) is 24.3 Å². The van der Waals surface area contributed by atoms with Crippen LogP contribution in [-0.2, 0) is 14.4 Å². The molecule has 0 aliphatic carbocycles. The van der Waals surface area contributed by atoms with Crippen LogP contribution >= 0.6 is 0 Å². The Morgan fingerprint density at radius 3 is 2.44 bits per heavy atom. The van der Waals surface area contributed by atoms with Gasteiger partial charge in [-0.3, -0.25) is 14.4 Å². The van der Waals surface area contributed by atoms with E-state index in [-0.39, 0.29) is 32.1 Å². The van der Waals surface area contributed by atoms with E-state index < -0.39 is 18.0 Å². The predicted octanol–water partition coefficient (Wildman–Crippen LogP) is -0.0872. The summed E-state index contributed by atoms with van der Waals surface area (Å²) in [7, 11) is 0. The number of carbonyl (C=O) groups excluding carboxylic acids is 2. The van der Waals surface area contributed by atoms with Gasteiger partial charge in [0.05, 0.1) is 13.2 Å². The summed E-state index contributed by atoms with van der Waals surface area (Å²) in [6.07, 6.45) is -0.530. The summed E-state index contributed by atoms with van der Waals surface area (Å²) < 4.78 is 5.41. The Morgan fingerprint density at radius 1 is 1.20 bits per heavy atom. The molecule has 1 atom stereocenters. The van der Waals surface area contributed by atoms with Gasteiger partial charge < -0.3 is 30.9 Å². The molecule has 0 aliphatic rings. The van der Waals surface area contributed by atoms with Crippen LogP contribution in [0.15, 0.2) is 24.3 Å².